The van der Waals surface area contributed by atoms with E-state index in [4.69, 9.17) is 4.98 Å². The third kappa shape index (κ3) is 4.54. The Balaban J connectivity index is 1.62. The maximum Gasteiger partial charge on any atom is 0.263 e. The van der Waals surface area contributed by atoms with Gasteiger partial charge >= 0.3 is 0 Å². The highest BCUT2D eigenvalue weighted by molar-refractivity contribution is 7.99. The molecule has 4 rings (SSSR count). The molecule has 2 aliphatic carbocycles. The van der Waals surface area contributed by atoms with Crippen molar-refractivity contribution in [1.82, 2.24) is 14.9 Å². The first-order chi connectivity index (χ1) is 14.8. The quantitative estimate of drug-likeness (QED) is 0.515. The predicted molar refractivity (Wildman–Crippen MR) is 126 cm³/mol. The third-order valence-corrected chi connectivity index (χ3v) is 8.43. The molecule has 1 fully saturated rings. The Morgan fingerprint density at radius 2 is 2.16 bits per heavy atom. The second-order valence-electron chi connectivity index (χ2n) is 9.47. The van der Waals surface area contributed by atoms with Gasteiger partial charge in [0.15, 0.2) is 5.16 Å². The van der Waals surface area contributed by atoms with Crippen molar-refractivity contribution in [2.75, 3.05) is 5.75 Å². The molecule has 1 saturated carbocycles. The molecule has 1 unspecified atom stereocenters. The first-order valence-corrected chi connectivity index (χ1v) is 13.0. The largest absolute Gasteiger partial charge is 0.337 e. The number of nitriles is 1. The molecule has 2 heterocycles. The molecule has 6 nitrogen and oxygen atoms in total. The van der Waals surface area contributed by atoms with Gasteiger partial charge in [0.2, 0.25) is 5.91 Å². The molecule has 166 valence electrons. The molecular weight excluding hydrogens is 428 g/mol. The van der Waals surface area contributed by atoms with Gasteiger partial charge in [-0.1, -0.05) is 32.5 Å². The molecule has 1 N–H and O–H groups in total. The number of aromatic nitrogens is 2. The number of nitrogens with one attached hydrogen (secondary N) is 1. The Morgan fingerprint density at radius 3 is 2.84 bits per heavy atom. The van der Waals surface area contributed by atoms with Crippen molar-refractivity contribution < 1.29 is 4.79 Å². The number of carbonyl (C=O) groups is 1. The lowest BCUT2D eigenvalue weighted by Gasteiger charge is -2.22. The van der Waals surface area contributed by atoms with Gasteiger partial charge in [-0.2, -0.15) is 5.26 Å². The fourth-order valence-electron chi connectivity index (χ4n) is 4.72. The summed E-state index contributed by atoms with van der Waals surface area (Å²) in [5.41, 5.74) is 0.494. The van der Waals surface area contributed by atoms with Crippen molar-refractivity contribution in [3.8, 4) is 6.07 Å². The Hall–Kier alpha value is -1.85. The van der Waals surface area contributed by atoms with Crippen LogP contribution in [0.5, 0.6) is 0 Å². The summed E-state index contributed by atoms with van der Waals surface area (Å²) >= 11 is 2.94. The van der Waals surface area contributed by atoms with Crippen LogP contribution in [-0.4, -0.2) is 26.8 Å². The van der Waals surface area contributed by atoms with Crippen LogP contribution in [-0.2, 0) is 24.2 Å². The zero-order valence-corrected chi connectivity index (χ0v) is 20.1. The van der Waals surface area contributed by atoms with Crippen LogP contribution in [0.4, 0.5) is 0 Å². The van der Waals surface area contributed by atoms with Gasteiger partial charge in [0.1, 0.15) is 10.4 Å². The monoisotopic (exact) mass is 458 g/mol. The van der Waals surface area contributed by atoms with E-state index in [2.05, 4.69) is 32.2 Å². The van der Waals surface area contributed by atoms with E-state index < -0.39 is 5.54 Å². The van der Waals surface area contributed by atoms with Gasteiger partial charge in [0.05, 0.1) is 17.2 Å². The number of thiophene rings is 1. The smallest absolute Gasteiger partial charge is 0.263 e. The molecular formula is C23H30N4O2S2. The van der Waals surface area contributed by atoms with Crippen molar-refractivity contribution in [2.24, 2.45) is 11.8 Å². The number of nitrogens with zero attached hydrogens (tertiary/aromatic N) is 3. The van der Waals surface area contributed by atoms with Crippen molar-refractivity contribution in [1.29, 1.82) is 5.26 Å². The lowest BCUT2D eigenvalue weighted by Crippen LogP contribution is -2.45. The molecule has 0 spiro atoms. The van der Waals surface area contributed by atoms with Gasteiger partial charge < -0.3 is 5.32 Å². The van der Waals surface area contributed by atoms with E-state index in [-0.39, 0.29) is 17.2 Å². The summed E-state index contributed by atoms with van der Waals surface area (Å²) in [5.74, 6) is 0.916. The summed E-state index contributed by atoms with van der Waals surface area (Å²) in [7, 11) is 0. The summed E-state index contributed by atoms with van der Waals surface area (Å²) in [6, 6.07) is 2.30. The van der Waals surface area contributed by atoms with E-state index in [1.54, 1.807) is 15.9 Å². The number of aryl methyl sites for hydroxylation is 1. The van der Waals surface area contributed by atoms with Crippen molar-refractivity contribution >= 4 is 39.2 Å². The topological polar surface area (TPSA) is 87.8 Å². The minimum Gasteiger partial charge on any atom is -0.337 e. The molecule has 0 bridgehead atoms. The molecule has 0 radical (unpaired) electrons. The van der Waals surface area contributed by atoms with Crippen LogP contribution in [0.15, 0.2) is 9.95 Å². The molecule has 1 atom stereocenters. The first kappa shape index (κ1) is 22.3. The summed E-state index contributed by atoms with van der Waals surface area (Å²) in [5, 5.41) is 13.8. The van der Waals surface area contributed by atoms with Gasteiger partial charge in [-0.25, -0.2) is 4.98 Å². The zero-order valence-electron chi connectivity index (χ0n) is 18.5. The van der Waals surface area contributed by atoms with Gasteiger partial charge in [-0.15, -0.1) is 11.3 Å². The highest BCUT2D eigenvalue weighted by atomic mass is 32.2. The maximum absolute atomic E-state index is 13.5. The number of thioether (sulfide) groups is 1. The summed E-state index contributed by atoms with van der Waals surface area (Å²) in [6.07, 6.45) is 6.42. The Bertz CT molecular complexity index is 1090. The van der Waals surface area contributed by atoms with Gasteiger partial charge in [0, 0.05) is 11.4 Å². The molecule has 0 aromatic carbocycles. The molecule has 8 heteroatoms. The number of carbonyl (C=O) groups excluding carboxylic acids is 1. The van der Waals surface area contributed by atoms with E-state index in [9.17, 15) is 14.9 Å². The number of amides is 1. The van der Waals surface area contributed by atoms with Crippen LogP contribution < -0.4 is 10.9 Å². The third-order valence-electron chi connectivity index (χ3n) is 6.31. The van der Waals surface area contributed by atoms with E-state index >= 15 is 0 Å². The normalized spacial score (nSPS) is 20.0. The SMILES string of the molecule is CC(C)Cn1c(SCC(=O)NC2(C#N)CCCC2)nc2sc3c(c2c1=O)CCC(C)C3. The van der Waals surface area contributed by atoms with Crippen LogP contribution >= 0.6 is 23.1 Å². The van der Waals surface area contributed by atoms with Crippen molar-refractivity contribution in [3.05, 3.63) is 20.8 Å². The number of rotatable bonds is 6. The summed E-state index contributed by atoms with van der Waals surface area (Å²) < 4.78 is 1.76. The summed E-state index contributed by atoms with van der Waals surface area (Å²) in [6.45, 7) is 7.00. The Labute approximate surface area is 191 Å². The molecule has 0 saturated heterocycles. The van der Waals surface area contributed by atoms with E-state index in [1.807, 2.05) is 0 Å². The second-order valence-corrected chi connectivity index (χ2v) is 11.5. The fraction of sp³-hybridized carbons (Fsp3) is 0.652. The highest BCUT2D eigenvalue weighted by Crippen LogP contribution is 2.36. The number of hydrogen-bond donors (Lipinski definition) is 1. The van der Waals surface area contributed by atoms with Crippen LogP contribution in [0.1, 0.15) is 63.3 Å². The van der Waals surface area contributed by atoms with E-state index in [0.29, 0.717) is 36.4 Å². The Morgan fingerprint density at radius 1 is 1.42 bits per heavy atom. The van der Waals surface area contributed by atoms with Crippen molar-refractivity contribution in [3.63, 3.8) is 0 Å². The number of hydrogen-bond acceptors (Lipinski definition) is 6. The molecule has 31 heavy (non-hydrogen) atoms. The first-order valence-electron chi connectivity index (χ1n) is 11.2. The number of fused-ring (bicyclic) bond motifs is 3. The zero-order chi connectivity index (χ0) is 22.2. The average molecular weight is 459 g/mol. The predicted octanol–water partition coefficient (Wildman–Crippen LogP) is 4.28. The van der Waals surface area contributed by atoms with E-state index in [1.165, 1.54) is 22.2 Å². The second kappa shape index (κ2) is 8.95. The lowest BCUT2D eigenvalue weighted by molar-refractivity contribution is -0.119. The molecule has 1 amide bonds. The van der Waals surface area contributed by atoms with Gasteiger partial charge in [-0.3, -0.25) is 14.2 Å². The van der Waals surface area contributed by atoms with Crippen LogP contribution in [0.3, 0.4) is 0 Å². The van der Waals surface area contributed by atoms with Crippen LogP contribution in [0, 0.1) is 23.2 Å². The molecule has 0 aliphatic heterocycles. The van der Waals surface area contributed by atoms with Crippen molar-refractivity contribution in [2.45, 2.75) is 83.0 Å². The fourth-order valence-corrected chi connectivity index (χ4v) is 6.95. The van der Waals surface area contributed by atoms with Gasteiger partial charge in [0.25, 0.3) is 5.56 Å². The van der Waals surface area contributed by atoms with Crippen LogP contribution in [0.25, 0.3) is 10.2 Å². The molecule has 2 aromatic heterocycles. The summed E-state index contributed by atoms with van der Waals surface area (Å²) in [4.78, 5) is 33.1. The minimum absolute atomic E-state index is 0.0259. The van der Waals surface area contributed by atoms with E-state index in [0.717, 1.165) is 42.3 Å². The van der Waals surface area contributed by atoms with Gasteiger partial charge in [-0.05, 0) is 62.3 Å². The maximum atomic E-state index is 13.5. The molecule has 2 aromatic rings. The lowest BCUT2D eigenvalue weighted by atomic mass is 9.89. The van der Waals surface area contributed by atoms with Crippen LogP contribution in [0.2, 0.25) is 0 Å². The standard InChI is InChI=1S/C23H30N4O2S2/c1-14(2)11-27-21(29)19-16-7-6-15(3)10-17(16)31-20(19)25-22(27)30-12-18(28)26-23(13-24)8-4-5-9-23/h14-15H,4-12H2,1-3H3,(H,26,28). The highest BCUT2D eigenvalue weighted by Gasteiger charge is 2.35. The Kier molecular flexibility index (Phi) is 6.45. The average Bonchev–Trinajstić information content (AvgIpc) is 3.33. The molecule has 2 aliphatic rings. The minimum atomic E-state index is -0.726.